The normalized spacial score (nSPS) is 16.1. The first kappa shape index (κ1) is 10.2. The largest absolute Gasteiger partial charge is 0.394 e. The third-order valence-corrected chi connectivity index (χ3v) is 4.41. The van der Waals surface area contributed by atoms with Gasteiger partial charge in [0.2, 0.25) is 0 Å². The fraction of sp³-hybridized carbons (Fsp3) is 0.500. The number of hydrogen-bond acceptors (Lipinski definition) is 3. The third kappa shape index (κ3) is 1.71. The monoisotopic (exact) mass is 249 g/mol. The summed E-state index contributed by atoms with van der Waals surface area (Å²) in [5.74, 6) is 0. The third-order valence-electron chi connectivity index (χ3n) is 1.75. The molecule has 1 aromatic heterocycles. The molecule has 0 amide bonds. The Morgan fingerprint density at radius 2 is 2.33 bits per heavy atom. The summed E-state index contributed by atoms with van der Waals surface area (Å²) >= 11 is 5.02. The second-order valence-electron chi connectivity index (χ2n) is 3.14. The number of thiophene rings is 1. The van der Waals surface area contributed by atoms with E-state index < -0.39 is 5.54 Å². The molecule has 2 nitrogen and oxygen atoms in total. The van der Waals surface area contributed by atoms with E-state index in [0.29, 0.717) is 0 Å². The molecule has 0 aromatic carbocycles. The lowest BCUT2D eigenvalue weighted by molar-refractivity contribution is 0.212. The predicted octanol–water partition coefficient (Wildman–Crippen LogP) is 1.99. The molecule has 0 aliphatic heterocycles. The van der Waals surface area contributed by atoms with Gasteiger partial charge in [-0.15, -0.1) is 11.3 Å². The lowest BCUT2D eigenvalue weighted by atomic mass is 10.0. The van der Waals surface area contributed by atoms with Crippen molar-refractivity contribution >= 4 is 27.3 Å². The Labute approximate surface area is 84.5 Å². The van der Waals surface area contributed by atoms with Gasteiger partial charge in [-0.25, -0.2) is 0 Å². The van der Waals surface area contributed by atoms with E-state index in [-0.39, 0.29) is 6.61 Å². The molecule has 1 unspecified atom stereocenters. The zero-order valence-electron chi connectivity index (χ0n) is 7.10. The van der Waals surface area contributed by atoms with Crippen LogP contribution in [0.15, 0.2) is 9.85 Å². The summed E-state index contributed by atoms with van der Waals surface area (Å²) in [5.41, 5.74) is 6.42. The summed E-state index contributed by atoms with van der Waals surface area (Å²) in [6.07, 6.45) is 0. The molecular formula is C8H12BrNOS. The Balaban J connectivity index is 3.11. The Bertz CT molecular complexity index is 283. The van der Waals surface area contributed by atoms with Crippen LogP contribution in [0, 0.1) is 6.92 Å². The van der Waals surface area contributed by atoms with E-state index in [4.69, 9.17) is 10.8 Å². The van der Waals surface area contributed by atoms with Gasteiger partial charge in [-0.3, -0.25) is 0 Å². The molecule has 0 spiro atoms. The van der Waals surface area contributed by atoms with Crippen molar-refractivity contribution in [3.8, 4) is 0 Å². The molecule has 0 bridgehead atoms. The fourth-order valence-electron chi connectivity index (χ4n) is 0.887. The summed E-state index contributed by atoms with van der Waals surface area (Å²) in [6.45, 7) is 3.80. The number of aryl methyl sites for hydroxylation is 1. The minimum absolute atomic E-state index is 0.0362. The van der Waals surface area contributed by atoms with Gasteiger partial charge in [0.25, 0.3) is 0 Å². The van der Waals surface area contributed by atoms with E-state index in [1.807, 2.05) is 19.2 Å². The molecule has 0 aliphatic carbocycles. The maximum atomic E-state index is 9.04. The van der Waals surface area contributed by atoms with Crippen molar-refractivity contribution in [1.29, 1.82) is 0 Å². The summed E-state index contributed by atoms with van der Waals surface area (Å²) < 4.78 is 1.02. The number of rotatable bonds is 2. The molecule has 68 valence electrons. The van der Waals surface area contributed by atoms with Gasteiger partial charge < -0.3 is 10.8 Å². The van der Waals surface area contributed by atoms with Gasteiger partial charge in [0.15, 0.2) is 0 Å². The van der Waals surface area contributed by atoms with Crippen molar-refractivity contribution in [1.82, 2.24) is 0 Å². The first-order chi connectivity index (χ1) is 5.49. The maximum absolute atomic E-state index is 9.04. The number of aliphatic hydroxyl groups is 1. The van der Waals surface area contributed by atoms with Crippen molar-refractivity contribution in [3.05, 3.63) is 20.3 Å². The lowest BCUT2D eigenvalue weighted by Crippen LogP contribution is -2.36. The standard InChI is InChI=1S/C8H12BrNOS/c1-5-3-12-7(6(5)9)8(2,10)4-11/h3,11H,4,10H2,1-2H3. The Hall–Kier alpha value is 0.100. The minimum Gasteiger partial charge on any atom is -0.394 e. The van der Waals surface area contributed by atoms with Gasteiger partial charge in [0.05, 0.1) is 12.1 Å². The summed E-state index contributed by atoms with van der Waals surface area (Å²) in [5, 5.41) is 11.1. The smallest absolute Gasteiger partial charge is 0.0720 e. The first-order valence-electron chi connectivity index (χ1n) is 3.63. The number of hydrogen-bond donors (Lipinski definition) is 2. The van der Waals surface area contributed by atoms with Crippen molar-refractivity contribution in [2.45, 2.75) is 19.4 Å². The average Bonchev–Trinajstić information content (AvgIpc) is 2.33. The van der Waals surface area contributed by atoms with E-state index in [2.05, 4.69) is 15.9 Å². The molecule has 12 heavy (non-hydrogen) atoms. The topological polar surface area (TPSA) is 46.2 Å². The van der Waals surface area contributed by atoms with Crippen molar-refractivity contribution in [2.24, 2.45) is 5.73 Å². The average molecular weight is 250 g/mol. The highest BCUT2D eigenvalue weighted by molar-refractivity contribution is 9.10. The second kappa shape index (κ2) is 3.46. The van der Waals surface area contributed by atoms with E-state index in [0.717, 1.165) is 9.35 Å². The van der Waals surface area contributed by atoms with E-state index in [1.54, 1.807) is 11.3 Å². The summed E-state index contributed by atoms with van der Waals surface area (Å²) in [7, 11) is 0. The van der Waals surface area contributed by atoms with Crippen LogP contribution in [-0.2, 0) is 5.54 Å². The van der Waals surface area contributed by atoms with Gasteiger partial charge in [-0.05, 0) is 40.7 Å². The maximum Gasteiger partial charge on any atom is 0.0720 e. The molecular weight excluding hydrogens is 238 g/mol. The van der Waals surface area contributed by atoms with Crippen LogP contribution >= 0.6 is 27.3 Å². The van der Waals surface area contributed by atoms with Crippen LogP contribution in [0.1, 0.15) is 17.4 Å². The van der Waals surface area contributed by atoms with Crippen molar-refractivity contribution in [2.75, 3.05) is 6.61 Å². The molecule has 1 atom stereocenters. The molecule has 3 N–H and O–H groups in total. The fourth-order valence-corrected chi connectivity index (χ4v) is 2.90. The molecule has 0 saturated heterocycles. The second-order valence-corrected chi connectivity index (χ2v) is 4.81. The first-order valence-corrected chi connectivity index (χ1v) is 5.30. The van der Waals surface area contributed by atoms with Crippen LogP contribution in [0.2, 0.25) is 0 Å². The SMILES string of the molecule is Cc1csc(C(C)(N)CO)c1Br. The van der Waals surface area contributed by atoms with Crippen LogP contribution in [0.5, 0.6) is 0 Å². The summed E-state index contributed by atoms with van der Waals surface area (Å²) in [6, 6.07) is 0. The van der Waals surface area contributed by atoms with Gasteiger partial charge in [-0.1, -0.05) is 0 Å². The zero-order valence-corrected chi connectivity index (χ0v) is 9.50. The Morgan fingerprint density at radius 3 is 2.67 bits per heavy atom. The summed E-state index contributed by atoms with van der Waals surface area (Å²) in [4.78, 5) is 1.00. The van der Waals surface area contributed by atoms with Crippen LogP contribution in [0.4, 0.5) is 0 Å². The van der Waals surface area contributed by atoms with Crippen LogP contribution in [0.25, 0.3) is 0 Å². The molecule has 4 heteroatoms. The Kier molecular flexibility index (Phi) is 2.93. The van der Waals surface area contributed by atoms with Gasteiger partial charge in [0, 0.05) is 9.35 Å². The van der Waals surface area contributed by atoms with E-state index in [1.165, 1.54) is 5.56 Å². The Morgan fingerprint density at radius 1 is 1.75 bits per heavy atom. The molecule has 1 heterocycles. The van der Waals surface area contributed by atoms with Crippen molar-refractivity contribution < 1.29 is 5.11 Å². The predicted molar refractivity (Wildman–Crippen MR) is 55.4 cm³/mol. The van der Waals surface area contributed by atoms with Crippen molar-refractivity contribution in [3.63, 3.8) is 0 Å². The van der Waals surface area contributed by atoms with E-state index in [9.17, 15) is 0 Å². The molecule has 0 fully saturated rings. The van der Waals surface area contributed by atoms with Crippen LogP contribution in [-0.4, -0.2) is 11.7 Å². The highest BCUT2D eigenvalue weighted by Crippen LogP contribution is 2.34. The minimum atomic E-state index is -0.627. The molecule has 0 radical (unpaired) electrons. The quantitative estimate of drug-likeness (QED) is 0.843. The lowest BCUT2D eigenvalue weighted by Gasteiger charge is -2.20. The van der Waals surface area contributed by atoms with Gasteiger partial charge in [-0.2, -0.15) is 0 Å². The molecule has 1 aromatic rings. The van der Waals surface area contributed by atoms with Crippen LogP contribution < -0.4 is 5.73 Å². The van der Waals surface area contributed by atoms with Crippen LogP contribution in [0.3, 0.4) is 0 Å². The van der Waals surface area contributed by atoms with E-state index >= 15 is 0 Å². The number of halogens is 1. The number of aliphatic hydroxyl groups excluding tert-OH is 1. The zero-order chi connectivity index (χ0) is 9.35. The van der Waals surface area contributed by atoms with Gasteiger partial charge >= 0.3 is 0 Å². The molecule has 0 saturated carbocycles. The highest BCUT2D eigenvalue weighted by atomic mass is 79.9. The molecule has 1 rings (SSSR count). The van der Waals surface area contributed by atoms with Gasteiger partial charge in [0.1, 0.15) is 0 Å². The molecule has 0 aliphatic rings. The number of nitrogens with two attached hydrogens (primary N) is 1. The highest BCUT2D eigenvalue weighted by Gasteiger charge is 2.25.